The summed E-state index contributed by atoms with van der Waals surface area (Å²) >= 11 is 0. The zero-order valence-electron chi connectivity index (χ0n) is 21.8. The maximum absolute atomic E-state index is 14.0. The van der Waals surface area contributed by atoms with Crippen molar-refractivity contribution < 1.29 is 18.8 Å². The SMILES string of the molecule is C[C@@H]1C[C@@H](C(=O)O[Si](c2ccccc2)(c2ccccc2)C(C)(C)C)N(C(=O)OC(C)(C)C)[C@@H]1C. The predicted molar refractivity (Wildman–Crippen MR) is 139 cm³/mol. The monoisotopic (exact) mass is 481 g/mol. The van der Waals surface area contributed by atoms with Crippen molar-refractivity contribution in [3.63, 3.8) is 0 Å². The van der Waals surface area contributed by atoms with Crippen molar-refractivity contribution in [2.24, 2.45) is 5.92 Å². The molecule has 34 heavy (non-hydrogen) atoms. The number of carbonyl (C=O) groups excluding carboxylic acids is 2. The van der Waals surface area contributed by atoms with Crippen LogP contribution < -0.4 is 10.4 Å². The summed E-state index contributed by atoms with van der Waals surface area (Å²) in [4.78, 5) is 28.7. The first-order valence-electron chi connectivity index (χ1n) is 12.1. The van der Waals surface area contributed by atoms with Crippen LogP contribution in [0, 0.1) is 5.92 Å². The van der Waals surface area contributed by atoms with Crippen molar-refractivity contribution >= 4 is 30.8 Å². The summed E-state index contributed by atoms with van der Waals surface area (Å²) in [7, 11) is -3.06. The zero-order valence-corrected chi connectivity index (χ0v) is 22.8. The van der Waals surface area contributed by atoms with Gasteiger partial charge in [0, 0.05) is 6.04 Å². The Labute approximate surface area is 205 Å². The van der Waals surface area contributed by atoms with Crippen molar-refractivity contribution in [3.05, 3.63) is 60.7 Å². The van der Waals surface area contributed by atoms with E-state index in [-0.39, 0.29) is 23.0 Å². The minimum absolute atomic E-state index is 0.119. The molecule has 0 N–H and O–H groups in total. The van der Waals surface area contributed by atoms with Crippen LogP contribution in [0.25, 0.3) is 0 Å². The molecule has 1 saturated heterocycles. The van der Waals surface area contributed by atoms with Crippen molar-refractivity contribution in [2.45, 2.75) is 84.5 Å². The molecule has 3 rings (SSSR count). The van der Waals surface area contributed by atoms with E-state index < -0.39 is 26.1 Å². The van der Waals surface area contributed by atoms with E-state index in [0.29, 0.717) is 6.42 Å². The maximum atomic E-state index is 14.0. The molecule has 2 aromatic carbocycles. The van der Waals surface area contributed by atoms with E-state index in [1.807, 2.05) is 64.1 Å². The number of carbonyl (C=O) groups is 2. The molecule has 1 fully saturated rings. The van der Waals surface area contributed by atoms with Crippen molar-refractivity contribution in [1.82, 2.24) is 4.90 Å². The van der Waals surface area contributed by atoms with Crippen LogP contribution in [0.3, 0.4) is 0 Å². The Morgan fingerprint density at radius 2 is 1.32 bits per heavy atom. The molecular formula is C28H39NO4Si. The van der Waals surface area contributed by atoms with Crippen LogP contribution in [-0.4, -0.2) is 43.0 Å². The fourth-order valence-electron chi connectivity index (χ4n) is 4.91. The molecule has 1 aliphatic rings. The number of hydrogen-bond donors (Lipinski definition) is 0. The highest BCUT2D eigenvalue weighted by molar-refractivity contribution is 7.00. The number of likely N-dealkylation sites (tertiary alicyclic amines) is 1. The molecule has 0 unspecified atom stereocenters. The first-order chi connectivity index (χ1) is 15.8. The predicted octanol–water partition coefficient (Wildman–Crippen LogP) is 5.12. The number of benzene rings is 2. The van der Waals surface area contributed by atoms with Gasteiger partial charge in [-0.15, -0.1) is 0 Å². The third-order valence-electron chi connectivity index (χ3n) is 6.74. The van der Waals surface area contributed by atoms with Gasteiger partial charge in [0.1, 0.15) is 11.6 Å². The molecular weight excluding hydrogens is 442 g/mol. The smallest absolute Gasteiger partial charge is 0.411 e. The third kappa shape index (κ3) is 5.07. The van der Waals surface area contributed by atoms with E-state index in [9.17, 15) is 9.59 Å². The lowest BCUT2D eigenvalue weighted by Gasteiger charge is -2.43. The van der Waals surface area contributed by atoms with Crippen molar-refractivity contribution in [3.8, 4) is 0 Å². The summed E-state index contributed by atoms with van der Waals surface area (Å²) in [6.45, 7) is 16.0. The Morgan fingerprint density at radius 1 is 0.853 bits per heavy atom. The molecule has 1 aliphatic heterocycles. The molecule has 0 saturated carbocycles. The number of rotatable bonds is 4. The lowest BCUT2D eigenvalue weighted by Crippen LogP contribution is -2.68. The average molecular weight is 482 g/mol. The van der Waals surface area contributed by atoms with E-state index in [2.05, 4.69) is 52.0 Å². The molecule has 5 nitrogen and oxygen atoms in total. The molecule has 0 bridgehead atoms. The largest absolute Gasteiger partial charge is 0.508 e. The topological polar surface area (TPSA) is 55.8 Å². The molecule has 0 aromatic heterocycles. The Morgan fingerprint density at radius 3 is 1.74 bits per heavy atom. The molecule has 0 aliphatic carbocycles. The number of nitrogens with zero attached hydrogens (tertiary/aromatic N) is 1. The summed E-state index contributed by atoms with van der Waals surface area (Å²) in [5.41, 5.74) is -0.644. The van der Waals surface area contributed by atoms with Crippen LogP contribution in [0.1, 0.15) is 61.8 Å². The second-order valence-corrected chi connectivity index (χ2v) is 15.7. The van der Waals surface area contributed by atoms with Gasteiger partial charge in [-0.3, -0.25) is 9.69 Å². The summed E-state index contributed by atoms with van der Waals surface area (Å²) in [6, 6.07) is 19.4. The van der Waals surface area contributed by atoms with E-state index in [0.717, 1.165) is 10.4 Å². The molecule has 1 heterocycles. The quantitative estimate of drug-likeness (QED) is 0.569. The lowest BCUT2D eigenvalue weighted by atomic mass is 10.0. The first kappa shape index (κ1) is 26.0. The Kier molecular flexibility index (Phi) is 7.32. The fourth-order valence-corrected chi connectivity index (χ4v) is 9.28. The van der Waals surface area contributed by atoms with Crippen molar-refractivity contribution in [2.75, 3.05) is 0 Å². The van der Waals surface area contributed by atoms with Crippen LogP contribution >= 0.6 is 0 Å². The second kappa shape index (κ2) is 9.57. The normalized spacial score (nSPS) is 21.3. The van der Waals surface area contributed by atoms with Crippen molar-refractivity contribution in [1.29, 1.82) is 0 Å². The van der Waals surface area contributed by atoms with Gasteiger partial charge in [-0.25, -0.2) is 4.79 Å². The summed E-state index contributed by atoms with van der Waals surface area (Å²) < 4.78 is 12.4. The molecule has 3 atom stereocenters. The molecule has 0 spiro atoms. The summed E-state index contributed by atoms with van der Waals surface area (Å²) in [5.74, 6) is -0.194. The minimum atomic E-state index is -3.06. The second-order valence-electron chi connectivity index (χ2n) is 11.4. The zero-order chi connectivity index (χ0) is 25.3. The third-order valence-corrected chi connectivity index (χ3v) is 11.7. The molecule has 6 heteroatoms. The van der Waals surface area contributed by atoms with Crippen LogP contribution in [0.5, 0.6) is 0 Å². The highest BCUT2D eigenvalue weighted by Gasteiger charge is 2.55. The molecule has 0 radical (unpaired) electrons. The molecule has 1 amide bonds. The van der Waals surface area contributed by atoms with E-state index >= 15 is 0 Å². The van der Waals surface area contributed by atoms with Gasteiger partial charge in [0.25, 0.3) is 0 Å². The van der Waals surface area contributed by atoms with E-state index in [4.69, 9.17) is 9.16 Å². The maximum Gasteiger partial charge on any atom is 0.411 e. The Balaban J connectivity index is 2.07. The minimum Gasteiger partial charge on any atom is -0.508 e. The van der Waals surface area contributed by atoms with Crippen LogP contribution in [-0.2, 0) is 14.0 Å². The van der Waals surface area contributed by atoms with Crippen LogP contribution in [0.4, 0.5) is 4.79 Å². The Bertz CT molecular complexity index is 955. The van der Waals surface area contributed by atoms with Gasteiger partial charge in [-0.1, -0.05) is 88.4 Å². The van der Waals surface area contributed by atoms with Crippen LogP contribution in [0.15, 0.2) is 60.7 Å². The summed E-state index contributed by atoms with van der Waals surface area (Å²) in [6.07, 6.45) is 0.0889. The van der Waals surface area contributed by atoms with E-state index in [1.54, 1.807) is 4.90 Å². The fraction of sp³-hybridized carbons (Fsp3) is 0.500. The van der Waals surface area contributed by atoms with Gasteiger partial charge < -0.3 is 9.16 Å². The van der Waals surface area contributed by atoms with Crippen LogP contribution in [0.2, 0.25) is 5.04 Å². The number of ether oxygens (including phenoxy) is 1. The first-order valence-corrected chi connectivity index (χ1v) is 14.0. The van der Waals surface area contributed by atoms with Gasteiger partial charge in [0.2, 0.25) is 0 Å². The van der Waals surface area contributed by atoms with Gasteiger partial charge in [-0.2, -0.15) is 0 Å². The van der Waals surface area contributed by atoms with E-state index in [1.165, 1.54) is 0 Å². The Hall–Kier alpha value is -2.60. The molecule has 2 aromatic rings. The van der Waals surface area contributed by atoms with Gasteiger partial charge in [0.05, 0.1) is 0 Å². The number of amides is 1. The summed E-state index contributed by atoms with van der Waals surface area (Å²) in [5, 5.41) is 1.73. The van der Waals surface area contributed by atoms with Gasteiger partial charge in [-0.05, 0) is 55.4 Å². The average Bonchev–Trinajstić information content (AvgIpc) is 3.05. The lowest BCUT2D eigenvalue weighted by molar-refractivity contribution is -0.140. The highest BCUT2D eigenvalue weighted by atomic mass is 28.4. The highest BCUT2D eigenvalue weighted by Crippen LogP contribution is 2.39. The van der Waals surface area contributed by atoms with Gasteiger partial charge in [0.15, 0.2) is 0 Å². The standard InChI is InChI=1S/C28H39NO4Si/c1-20-19-24(29(21(20)2)26(31)32-27(3,4)5)25(30)33-34(28(6,7)8,22-15-11-9-12-16-22)23-17-13-10-14-18-23/h9-18,20-21,24H,19H2,1-8H3/t20-,21-,24+/m1/s1. The van der Waals surface area contributed by atoms with Gasteiger partial charge >= 0.3 is 20.4 Å². The molecule has 184 valence electrons. The number of hydrogen-bond acceptors (Lipinski definition) is 4.